The van der Waals surface area contributed by atoms with Crippen LogP contribution in [0.4, 0.5) is 0 Å². The molecule has 1 heterocycles. The molecule has 2 aromatic carbocycles. The van der Waals surface area contributed by atoms with E-state index in [9.17, 15) is 4.79 Å². The zero-order chi connectivity index (χ0) is 17.6. The fourth-order valence-corrected chi connectivity index (χ4v) is 2.75. The number of oxazole rings is 1. The Labute approximate surface area is 147 Å². The summed E-state index contributed by atoms with van der Waals surface area (Å²) in [6, 6.07) is 19.9. The predicted octanol–water partition coefficient (Wildman–Crippen LogP) is 4.57. The molecule has 0 aliphatic carbocycles. The quantitative estimate of drug-likeness (QED) is 0.718. The number of carbonyl (C=O) groups is 1. The van der Waals surface area contributed by atoms with Crippen molar-refractivity contribution < 1.29 is 9.21 Å². The molecule has 0 bridgehead atoms. The number of nitrogens with zero attached hydrogens (tertiary/aromatic N) is 1. The average molecular weight is 334 g/mol. The van der Waals surface area contributed by atoms with Gasteiger partial charge in [-0.1, -0.05) is 55.5 Å². The Morgan fingerprint density at radius 2 is 1.72 bits per heavy atom. The first-order valence-corrected chi connectivity index (χ1v) is 8.51. The smallest absolute Gasteiger partial charge is 0.273 e. The number of hydrogen-bond donors (Lipinski definition) is 1. The Balaban J connectivity index is 1.59. The average Bonchev–Trinajstić information content (AvgIpc) is 3.05. The third-order valence-electron chi connectivity index (χ3n) is 4.26. The van der Waals surface area contributed by atoms with Crippen molar-refractivity contribution in [3.63, 3.8) is 0 Å². The minimum Gasteiger partial charge on any atom is -0.441 e. The number of carbonyl (C=O) groups excluding carboxylic acids is 1. The van der Waals surface area contributed by atoms with Gasteiger partial charge < -0.3 is 9.73 Å². The Bertz CT molecular complexity index is 826. The third kappa shape index (κ3) is 4.15. The van der Waals surface area contributed by atoms with Crippen molar-refractivity contribution in [1.29, 1.82) is 0 Å². The monoisotopic (exact) mass is 334 g/mol. The first kappa shape index (κ1) is 17.0. The van der Waals surface area contributed by atoms with Crippen LogP contribution in [0, 0.1) is 6.92 Å². The third-order valence-corrected chi connectivity index (χ3v) is 4.26. The number of hydrogen-bond acceptors (Lipinski definition) is 3. The Hall–Kier alpha value is -2.88. The van der Waals surface area contributed by atoms with Gasteiger partial charge in [-0.15, -0.1) is 0 Å². The fraction of sp³-hybridized carbons (Fsp3) is 0.238. The SMILES string of the molecule is Cc1oc(-c2ccccc2)nc1C(=O)NCCC(C)c1ccccc1. The van der Waals surface area contributed by atoms with Crippen LogP contribution in [0.25, 0.3) is 11.5 Å². The molecule has 0 saturated carbocycles. The second kappa shape index (κ2) is 7.79. The van der Waals surface area contributed by atoms with Gasteiger partial charge in [0.1, 0.15) is 5.76 Å². The van der Waals surface area contributed by atoms with E-state index < -0.39 is 0 Å². The van der Waals surface area contributed by atoms with E-state index in [-0.39, 0.29) is 5.91 Å². The molecule has 1 aromatic heterocycles. The summed E-state index contributed by atoms with van der Waals surface area (Å²) in [5.41, 5.74) is 2.49. The van der Waals surface area contributed by atoms with Gasteiger partial charge in [0.25, 0.3) is 5.91 Å². The molecule has 0 spiro atoms. The minimum atomic E-state index is -0.191. The molecule has 1 atom stereocenters. The van der Waals surface area contributed by atoms with Gasteiger partial charge in [0, 0.05) is 12.1 Å². The van der Waals surface area contributed by atoms with Gasteiger partial charge >= 0.3 is 0 Å². The van der Waals surface area contributed by atoms with Gasteiger partial charge in [0.15, 0.2) is 5.69 Å². The van der Waals surface area contributed by atoms with Crippen LogP contribution in [0.1, 0.15) is 41.1 Å². The Morgan fingerprint density at radius 1 is 1.08 bits per heavy atom. The van der Waals surface area contributed by atoms with Crippen LogP contribution in [-0.2, 0) is 0 Å². The number of aryl methyl sites for hydroxylation is 1. The van der Waals surface area contributed by atoms with Crippen molar-refractivity contribution in [1.82, 2.24) is 10.3 Å². The molecular weight excluding hydrogens is 312 g/mol. The first-order valence-electron chi connectivity index (χ1n) is 8.51. The van der Waals surface area contributed by atoms with Gasteiger partial charge in [0.2, 0.25) is 5.89 Å². The van der Waals surface area contributed by atoms with Crippen LogP contribution in [0.5, 0.6) is 0 Å². The van der Waals surface area contributed by atoms with Crippen LogP contribution in [0.2, 0.25) is 0 Å². The molecule has 3 rings (SSSR count). The van der Waals surface area contributed by atoms with Crippen molar-refractivity contribution >= 4 is 5.91 Å². The van der Waals surface area contributed by atoms with Crippen LogP contribution in [0.3, 0.4) is 0 Å². The summed E-state index contributed by atoms with van der Waals surface area (Å²) < 4.78 is 5.65. The molecule has 25 heavy (non-hydrogen) atoms. The van der Waals surface area contributed by atoms with Crippen LogP contribution >= 0.6 is 0 Å². The van der Waals surface area contributed by atoms with Gasteiger partial charge in [-0.25, -0.2) is 4.98 Å². The zero-order valence-electron chi connectivity index (χ0n) is 14.5. The molecule has 1 amide bonds. The number of amides is 1. The van der Waals surface area contributed by atoms with Crippen molar-refractivity contribution in [2.75, 3.05) is 6.54 Å². The van der Waals surface area contributed by atoms with Gasteiger partial charge in [0.05, 0.1) is 0 Å². The van der Waals surface area contributed by atoms with Gasteiger partial charge in [-0.05, 0) is 37.0 Å². The predicted molar refractivity (Wildman–Crippen MR) is 98.5 cm³/mol. The summed E-state index contributed by atoms with van der Waals surface area (Å²) in [5.74, 6) is 1.21. The van der Waals surface area contributed by atoms with E-state index in [1.165, 1.54) is 5.56 Å². The lowest BCUT2D eigenvalue weighted by Crippen LogP contribution is -2.26. The van der Waals surface area contributed by atoms with E-state index in [0.29, 0.717) is 29.8 Å². The van der Waals surface area contributed by atoms with E-state index >= 15 is 0 Å². The molecule has 4 heteroatoms. The number of rotatable bonds is 6. The molecule has 1 unspecified atom stereocenters. The topological polar surface area (TPSA) is 55.1 Å². The molecular formula is C21H22N2O2. The van der Waals surface area contributed by atoms with Crippen LogP contribution in [0.15, 0.2) is 65.1 Å². The standard InChI is InChI=1S/C21H22N2O2/c1-15(17-9-5-3-6-10-17)13-14-22-20(24)19-16(2)25-21(23-19)18-11-7-4-8-12-18/h3-12,15H,13-14H2,1-2H3,(H,22,24). The molecule has 0 aliphatic heterocycles. The lowest BCUT2D eigenvalue weighted by molar-refractivity contribution is 0.0947. The normalized spacial score (nSPS) is 11.9. The van der Waals surface area contributed by atoms with Crippen molar-refractivity contribution in [3.05, 3.63) is 77.7 Å². The van der Waals surface area contributed by atoms with Gasteiger partial charge in [-0.2, -0.15) is 0 Å². The largest absolute Gasteiger partial charge is 0.441 e. The molecule has 0 radical (unpaired) electrons. The number of benzene rings is 2. The maximum atomic E-state index is 12.4. The summed E-state index contributed by atoms with van der Waals surface area (Å²) >= 11 is 0. The number of nitrogens with one attached hydrogen (secondary N) is 1. The van der Waals surface area contributed by atoms with Crippen molar-refractivity contribution in [2.45, 2.75) is 26.2 Å². The summed E-state index contributed by atoms with van der Waals surface area (Å²) in [4.78, 5) is 16.8. The van der Waals surface area contributed by atoms with E-state index in [1.807, 2.05) is 48.5 Å². The lowest BCUT2D eigenvalue weighted by atomic mass is 9.98. The highest BCUT2D eigenvalue weighted by molar-refractivity contribution is 5.93. The van der Waals surface area contributed by atoms with Gasteiger partial charge in [-0.3, -0.25) is 4.79 Å². The summed E-state index contributed by atoms with van der Waals surface area (Å²) in [6.07, 6.45) is 0.873. The summed E-state index contributed by atoms with van der Waals surface area (Å²) in [6.45, 7) is 4.53. The second-order valence-electron chi connectivity index (χ2n) is 6.15. The minimum absolute atomic E-state index is 0.191. The molecule has 128 valence electrons. The lowest BCUT2D eigenvalue weighted by Gasteiger charge is -2.12. The first-order chi connectivity index (χ1) is 12.1. The second-order valence-corrected chi connectivity index (χ2v) is 6.15. The maximum Gasteiger partial charge on any atom is 0.273 e. The highest BCUT2D eigenvalue weighted by atomic mass is 16.4. The van der Waals surface area contributed by atoms with E-state index in [1.54, 1.807) is 6.92 Å². The molecule has 4 nitrogen and oxygen atoms in total. The molecule has 1 N–H and O–H groups in total. The molecule has 3 aromatic rings. The maximum absolute atomic E-state index is 12.4. The van der Waals surface area contributed by atoms with Crippen LogP contribution < -0.4 is 5.32 Å². The molecule has 0 aliphatic rings. The Morgan fingerprint density at radius 3 is 2.40 bits per heavy atom. The van der Waals surface area contributed by atoms with Crippen molar-refractivity contribution in [3.8, 4) is 11.5 Å². The van der Waals surface area contributed by atoms with E-state index in [4.69, 9.17) is 4.42 Å². The van der Waals surface area contributed by atoms with E-state index in [2.05, 4.69) is 29.4 Å². The summed E-state index contributed by atoms with van der Waals surface area (Å²) in [7, 11) is 0. The molecule has 0 fully saturated rings. The fourth-order valence-electron chi connectivity index (χ4n) is 2.75. The number of aromatic nitrogens is 1. The zero-order valence-corrected chi connectivity index (χ0v) is 14.5. The highest BCUT2D eigenvalue weighted by Crippen LogP contribution is 2.21. The van der Waals surface area contributed by atoms with Crippen molar-refractivity contribution in [2.24, 2.45) is 0 Å². The Kier molecular flexibility index (Phi) is 5.29. The summed E-state index contributed by atoms with van der Waals surface area (Å²) in [5, 5.41) is 2.94. The highest BCUT2D eigenvalue weighted by Gasteiger charge is 2.18. The van der Waals surface area contributed by atoms with E-state index in [0.717, 1.165) is 12.0 Å². The van der Waals surface area contributed by atoms with Crippen LogP contribution in [-0.4, -0.2) is 17.4 Å². The molecule has 0 saturated heterocycles.